The molecule has 0 saturated carbocycles. The Morgan fingerprint density at radius 3 is 2.88 bits per heavy atom. The maximum Gasteiger partial charge on any atom is 0.328 e. The molecule has 1 unspecified atom stereocenters. The number of esters is 1. The molecule has 0 amide bonds. The number of methoxy groups -OCH3 is 1. The second kappa shape index (κ2) is 6.46. The molecule has 1 aliphatic heterocycles. The SMILES string of the molecule is COC(=O)C1c2ccsc2CCN1S(=O)(=O)c1cccc2cccnc12. The van der Waals surface area contributed by atoms with E-state index in [1.807, 2.05) is 17.5 Å². The van der Waals surface area contributed by atoms with Gasteiger partial charge < -0.3 is 4.74 Å². The van der Waals surface area contributed by atoms with E-state index in [1.165, 1.54) is 28.8 Å². The van der Waals surface area contributed by atoms with E-state index in [0.717, 1.165) is 10.3 Å². The summed E-state index contributed by atoms with van der Waals surface area (Å²) in [6.45, 7) is 0.221. The Balaban J connectivity index is 1.88. The first-order chi connectivity index (χ1) is 12.5. The smallest absolute Gasteiger partial charge is 0.328 e. The predicted molar refractivity (Wildman–Crippen MR) is 98.4 cm³/mol. The minimum absolute atomic E-state index is 0.100. The van der Waals surface area contributed by atoms with Crippen LogP contribution < -0.4 is 0 Å². The number of pyridine rings is 1. The molecular formula is C18H16N2O4S2. The van der Waals surface area contributed by atoms with E-state index >= 15 is 0 Å². The zero-order valence-corrected chi connectivity index (χ0v) is 15.6. The van der Waals surface area contributed by atoms with Crippen LogP contribution in [0.4, 0.5) is 0 Å². The number of hydrogen-bond acceptors (Lipinski definition) is 6. The van der Waals surface area contributed by atoms with Gasteiger partial charge in [0, 0.05) is 23.0 Å². The predicted octanol–water partition coefficient (Wildman–Crippen LogP) is 2.76. The molecule has 1 aliphatic rings. The first kappa shape index (κ1) is 17.1. The Bertz CT molecular complexity index is 1090. The molecular weight excluding hydrogens is 372 g/mol. The lowest BCUT2D eigenvalue weighted by Crippen LogP contribution is -2.43. The van der Waals surface area contributed by atoms with Gasteiger partial charge in [0.15, 0.2) is 0 Å². The third-order valence-electron chi connectivity index (χ3n) is 4.53. The van der Waals surface area contributed by atoms with Crippen molar-refractivity contribution in [3.8, 4) is 0 Å². The molecule has 0 saturated heterocycles. The second-order valence-electron chi connectivity index (χ2n) is 5.92. The average molecular weight is 388 g/mol. The molecule has 26 heavy (non-hydrogen) atoms. The van der Waals surface area contributed by atoms with Crippen LogP contribution in [0.15, 0.2) is 52.9 Å². The summed E-state index contributed by atoms with van der Waals surface area (Å²) in [6.07, 6.45) is 2.13. The second-order valence-corrected chi connectivity index (χ2v) is 8.78. The van der Waals surface area contributed by atoms with E-state index in [1.54, 1.807) is 24.4 Å². The summed E-state index contributed by atoms with van der Waals surface area (Å²) in [5, 5.41) is 2.60. The number of nitrogens with zero attached hydrogens (tertiary/aromatic N) is 2. The normalized spacial score (nSPS) is 17.8. The van der Waals surface area contributed by atoms with Crippen molar-refractivity contribution in [1.29, 1.82) is 0 Å². The molecule has 8 heteroatoms. The fraction of sp³-hybridized carbons (Fsp3) is 0.222. The van der Waals surface area contributed by atoms with Gasteiger partial charge in [-0.3, -0.25) is 4.98 Å². The highest BCUT2D eigenvalue weighted by Gasteiger charge is 2.42. The molecule has 6 nitrogen and oxygen atoms in total. The summed E-state index contributed by atoms with van der Waals surface area (Å²) < 4.78 is 33.0. The Kier molecular flexibility index (Phi) is 4.26. The van der Waals surface area contributed by atoms with E-state index < -0.39 is 22.0 Å². The number of aromatic nitrogens is 1. The number of carbonyl (C=O) groups excluding carboxylic acids is 1. The molecule has 3 aromatic rings. The minimum Gasteiger partial charge on any atom is -0.468 e. The van der Waals surface area contributed by atoms with Crippen molar-refractivity contribution in [3.63, 3.8) is 0 Å². The van der Waals surface area contributed by atoms with Crippen molar-refractivity contribution in [2.24, 2.45) is 0 Å². The monoisotopic (exact) mass is 388 g/mol. The van der Waals surface area contributed by atoms with Gasteiger partial charge in [0.1, 0.15) is 10.9 Å². The van der Waals surface area contributed by atoms with Crippen LogP contribution in [-0.4, -0.2) is 37.3 Å². The lowest BCUT2D eigenvalue weighted by molar-refractivity contribution is -0.145. The summed E-state index contributed by atoms with van der Waals surface area (Å²) in [6, 6.07) is 9.42. The molecule has 0 spiro atoms. The lowest BCUT2D eigenvalue weighted by atomic mass is 10.0. The van der Waals surface area contributed by atoms with E-state index in [9.17, 15) is 13.2 Å². The van der Waals surface area contributed by atoms with Gasteiger partial charge in [-0.1, -0.05) is 18.2 Å². The van der Waals surface area contributed by atoms with Crippen LogP contribution >= 0.6 is 11.3 Å². The largest absolute Gasteiger partial charge is 0.468 e. The van der Waals surface area contributed by atoms with Crippen LogP contribution in [0.2, 0.25) is 0 Å². The first-order valence-corrected chi connectivity index (χ1v) is 10.4. The van der Waals surface area contributed by atoms with Crippen LogP contribution in [0.1, 0.15) is 16.5 Å². The highest BCUT2D eigenvalue weighted by Crippen LogP contribution is 2.38. The zero-order valence-electron chi connectivity index (χ0n) is 14.0. The number of benzene rings is 1. The van der Waals surface area contributed by atoms with Crippen LogP contribution in [0.5, 0.6) is 0 Å². The average Bonchev–Trinajstić information content (AvgIpc) is 3.14. The van der Waals surface area contributed by atoms with Gasteiger partial charge >= 0.3 is 5.97 Å². The van der Waals surface area contributed by atoms with Crippen molar-refractivity contribution in [1.82, 2.24) is 9.29 Å². The van der Waals surface area contributed by atoms with Gasteiger partial charge in [-0.2, -0.15) is 4.31 Å². The van der Waals surface area contributed by atoms with Crippen molar-refractivity contribution in [3.05, 3.63) is 58.4 Å². The molecule has 0 aliphatic carbocycles. The lowest BCUT2D eigenvalue weighted by Gasteiger charge is -2.33. The van der Waals surface area contributed by atoms with Gasteiger partial charge in [-0.05, 0) is 35.6 Å². The molecule has 134 valence electrons. The molecule has 0 fully saturated rings. The quantitative estimate of drug-likeness (QED) is 0.645. The Hall–Kier alpha value is -2.29. The fourth-order valence-electron chi connectivity index (χ4n) is 3.32. The molecule has 0 N–H and O–H groups in total. The van der Waals surface area contributed by atoms with E-state index in [4.69, 9.17) is 4.74 Å². The minimum atomic E-state index is -3.94. The van der Waals surface area contributed by atoms with Crippen LogP contribution in [0, 0.1) is 0 Å². The van der Waals surface area contributed by atoms with Gasteiger partial charge in [0.05, 0.1) is 12.6 Å². The summed E-state index contributed by atoms with van der Waals surface area (Å²) in [5.74, 6) is -0.582. The Labute approximate surface area is 155 Å². The van der Waals surface area contributed by atoms with Gasteiger partial charge in [-0.15, -0.1) is 11.3 Å². The first-order valence-electron chi connectivity index (χ1n) is 8.03. The zero-order chi connectivity index (χ0) is 18.3. The van der Waals surface area contributed by atoms with E-state index in [2.05, 4.69) is 4.98 Å². The third-order valence-corrected chi connectivity index (χ3v) is 7.42. The number of hydrogen-bond donors (Lipinski definition) is 0. The molecule has 4 rings (SSSR count). The maximum atomic E-state index is 13.4. The number of fused-ring (bicyclic) bond motifs is 2. The van der Waals surface area contributed by atoms with Crippen LogP contribution in [-0.2, 0) is 26.0 Å². The van der Waals surface area contributed by atoms with Gasteiger partial charge in [0.25, 0.3) is 0 Å². The van der Waals surface area contributed by atoms with Crippen molar-refractivity contribution < 1.29 is 17.9 Å². The van der Waals surface area contributed by atoms with E-state index in [0.29, 0.717) is 17.5 Å². The molecule has 1 aromatic carbocycles. The highest BCUT2D eigenvalue weighted by molar-refractivity contribution is 7.89. The topological polar surface area (TPSA) is 76.6 Å². The Morgan fingerprint density at radius 1 is 1.27 bits per heavy atom. The molecule has 1 atom stereocenters. The number of carbonyl (C=O) groups is 1. The maximum absolute atomic E-state index is 13.4. The summed E-state index contributed by atoms with van der Waals surface area (Å²) in [4.78, 5) is 17.8. The number of thiophene rings is 1. The van der Waals surface area contributed by atoms with Crippen LogP contribution in [0.3, 0.4) is 0 Å². The highest BCUT2D eigenvalue weighted by atomic mass is 32.2. The number of para-hydroxylation sites is 1. The third kappa shape index (κ3) is 2.61. The molecule has 0 radical (unpaired) electrons. The van der Waals surface area contributed by atoms with Crippen molar-refractivity contribution in [2.45, 2.75) is 17.4 Å². The van der Waals surface area contributed by atoms with E-state index in [-0.39, 0.29) is 11.4 Å². The molecule has 0 bridgehead atoms. The standard InChI is InChI=1S/C18H16N2O4S2/c1-24-18(21)17-13-8-11-25-14(13)7-10-20(17)26(22,23)15-6-2-4-12-5-3-9-19-16(12)15/h2-6,8-9,11,17H,7,10H2,1H3. The summed E-state index contributed by atoms with van der Waals surface area (Å²) >= 11 is 1.53. The number of sulfonamides is 1. The van der Waals surface area contributed by atoms with Crippen LogP contribution in [0.25, 0.3) is 10.9 Å². The Morgan fingerprint density at radius 2 is 2.08 bits per heavy atom. The van der Waals surface area contributed by atoms with Crippen molar-refractivity contribution >= 4 is 38.2 Å². The molecule has 3 heterocycles. The summed E-state index contributed by atoms with van der Waals surface area (Å²) in [7, 11) is -2.67. The van der Waals surface area contributed by atoms with Crippen molar-refractivity contribution in [2.75, 3.05) is 13.7 Å². The van der Waals surface area contributed by atoms with Gasteiger partial charge in [-0.25, -0.2) is 13.2 Å². The fourth-order valence-corrected chi connectivity index (χ4v) is 5.95. The number of ether oxygens (including phenoxy) is 1. The van der Waals surface area contributed by atoms with Gasteiger partial charge in [0.2, 0.25) is 10.0 Å². The summed E-state index contributed by atoms with van der Waals surface area (Å²) in [5.41, 5.74) is 1.10. The molecule has 2 aromatic heterocycles. The number of rotatable bonds is 3.